The van der Waals surface area contributed by atoms with Gasteiger partial charge in [0.15, 0.2) is 0 Å². The molecule has 0 aliphatic rings. The van der Waals surface area contributed by atoms with Crippen LogP contribution in [0, 0.1) is 0 Å². The van der Waals surface area contributed by atoms with E-state index < -0.39 is 0 Å². The molecule has 2 heterocycles. The quantitative estimate of drug-likeness (QED) is 0.359. The van der Waals surface area contributed by atoms with Crippen molar-refractivity contribution in [2.75, 3.05) is 0 Å². The Balaban J connectivity index is 1.48. The summed E-state index contributed by atoms with van der Waals surface area (Å²) in [5.41, 5.74) is 4.72. The maximum atomic E-state index is 12.9. The largest absolute Gasteiger partial charge is 0.361 e. The number of rotatable bonds is 6. The third kappa shape index (κ3) is 3.98. The molecule has 0 saturated carbocycles. The molecule has 0 radical (unpaired) electrons. The molecule has 0 fully saturated rings. The average molecular weight is 406 g/mol. The monoisotopic (exact) mass is 406 g/mol. The molecule has 5 rings (SSSR count). The lowest BCUT2D eigenvalue weighted by atomic mass is 10.0. The van der Waals surface area contributed by atoms with Crippen LogP contribution >= 0.6 is 0 Å². The molecule has 3 N–H and O–H groups in total. The molecule has 5 aromatic rings. The number of benzene rings is 3. The minimum absolute atomic E-state index is 0.122. The van der Waals surface area contributed by atoms with Crippen molar-refractivity contribution < 1.29 is 4.79 Å². The molecular weight excluding hydrogens is 384 g/mol. The van der Waals surface area contributed by atoms with E-state index in [0.29, 0.717) is 12.0 Å². The first-order valence-electron chi connectivity index (χ1n) is 10.3. The van der Waals surface area contributed by atoms with E-state index in [-0.39, 0.29) is 11.9 Å². The van der Waals surface area contributed by atoms with Gasteiger partial charge >= 0.3 is 0 Å². The zero-order chi connectivity index (χ0) is 21.0. The third-order valence-corrected chi connectivity index (χ3v) is 5.44. The lowest BCUT2D eigenvalue weighted by Crippen LogP contribution is -2.30. The Labute approximate surface area is 180 Å². The van der Waals surface area contributed by atoms with E-state index in [4.69, 9.17) is 4.98 Å². The Kier molecular flexibility index (Phi) is 5.07. The van der Waals surface area contributed by atoms with Crippen LogP contribution < -0.4 is 5.32 Å². The molecule has 0 spiro atoms. The first kappa shape index (κ1) is 18.9. The first-order valence-corrected chi connectivity index (χ1v) is 10.3. The third-order valence-electron chi connectivity index (χ3n) is 5.44. The minimum Gasteiger partial charge on any atom is -0.361 e. The smallest absolute Gasteiger partial charge is 0.251 e. The molecule has 0 saturated heterocycles. The van der Waals surface area contributed by atoms with Gasteiger partial charge in [0, 0.05) is 40.8 Å². The Morgan fingerprint density at radius 3 is 2.35 bits per heavy atom. The molecule has 5 heteroatoms. The van der Waals surface area contributed by atoms with Crippen LogP contribution in [0.1, 0.15) is 27.8 Å². The van der Waals surface area contributed by atoms with Crippen LogP contribution in [0.3, 0.4) is 0 Å². The Bertz CT molecular complexity index is 1310. The van der Waals surface area contributed by atoms with Crippen molar-refractivity contribution in [2.45, 2.75) is 12.5 Å². The normalized spacial score (nSPS) is 12.0. The first-order chi connectivity index (χ1) is 15.3. The summed E-state index contributed by atoms with van der Waals surface area (Å²) in [6.45, 7) is 0. The number of H-pyrrole nitrogens is 2. The van der Waals surface area contributed by atoms with Crippen LogP contribution in [-0.4, -0.2) is 20.9 Å². The molecule has 5 nitrogen and oxygen atoms in total. The maximum absolute atomic E-state index is 12.9. The summed E-state index contributed by atoms with van der Waals surface area (Å²) in [5.74, 6) is 0.608. The van der Waals surface area contributed by atoms with Gasteiger partial charge in [-0.3, -0.25) is 4.79 Å². The van der Waals surface area contributed by atoms with Crippen LogP contribution in [0.15, 0.2) is 97.3 Å². The Hall–Kier alpha value is -4.12. The van der Waals surface area contributed by atoms with Crippen molar-refractivity contribution >= 4 is 16.8 Å². The van der Waals surface area contributed by atoms with E-state index in [9.17, 15) is 4.79 Å². The SMILES string of the molecule is O=C(NC(Cc1c[nH]c2ccccc12)c1nc(-c2ccccc2)c[nH]1)c1ccccc1. The van der Waals surface area contributed by atoms with Gasteiger partial charge in [0.05, 0.1) is 11.7 Å². The number of nitrogens with one attached hydrogen (secondary N) is 3. The van der Waals surface area contributed by atoms with Gasteiger partial charge in [0.1, 0.15) is 5.82 Å². The van der Waals surface area contributed by atoms with Crippen molar-refractivity contribution in [3.05, 3.63) is 114 Å². The van der Waals surface area contributed by atoms with Crippen LogP contribution in [0.5, 0.6) is 0 Å². The molecule has 1 unspecified atom stereocenters. The van der Waals surface area contributed by atoms with Crippen LogP contribution in [0.25, 0.3) is 22.2 Å². The molecule has 152 valence electrons. The number of carbonyl (C=O) groups excluding carboxylic acids is 1. The van der Waals surface area contributed by atoms with E-state index >= 15 is 0 Å². The van der Waals surface area contributed by atoms with E-state index in [1.165, 1.54) is 0 Å². The van der Waals surface area contributed by atoms with Gasteiger partial charge < -0.3 is 15.3 Å². The molecule has 3 aromatic carbocycles. The van der Waals surface area contributed by atoms with E-state index in [1.54, 1.807) is 0 Å². The number of para-hydroxylation sites is 1. The number of amides is 1. The van der Waals surface area contributed by atoms with Gasteiger partial charge in [0.25, 0.3) is 5.91 Å². The number of imidazole rings is 1. The highest BCUT2D eigenvalue weighted by Gasteiger charge is 2.21. The highest BCUT2D eigenvalue weighted by molar-refractivity contribution is 5.94. The lowest BCUT2D eigenvalue weighted by molar-refractivity contribution is 0.0935. The number of aromatic amines is 2. The van der Waals surface area contributed by atoms with Crippen molar-refractivity contribution in [1.29, 1.82) is 0 Å². The second kappa shape index (κ2) is 8.32. The number of hydrogen-bond acceptors (Lipinski definition) is 2. The van der Waals surface area contributed by atoms with Crippen molar-refractivity contribution in [2.24, 2.45) is 0 Å². The fraction of sp³-hybridized carbons (Fsp3) is 0.0769. The predicted octanol–water partition coefficient (Wildman–Crippen LogP) is 5.27. The zero-order valence-corrected chi connectivity index (χ0v) is 16.9. The zero-order valence-electron chi connectivity index (χ0n) is 16.9. The van der Waals surface area contributed by atoms with E-state index in [1.807, 2.05) is 85.2 Å². The molecule has 1 atom stereocenters. The van der Waals surface area contributed by atoms with E-state index in [0.717, 1.165) is 33.5 Å². The van der Waals surface area contributed by atoms with Gasteiger partial charge in [-0.15, -0.1) is 0 Å². The molecule has 0 aliphatic heterocycles. The molecule has 1 amide bonds. The highest BCUT2D eigenvalue weighted by Crippen LogP contribution is 2.25. The fourth-order valence-corrected chi connectivity index (χ4v) is 3.84. The van der Waals surface area contributed by atoms with Gasteiger partial charge in [-0.25, -0.2) is 4.98 Å². The average Bonchev–Trinajstić information content (AvgIpc) is 3.48. The van der Waals surface area contributed by atoms with Crippen LogP contribution in [-0.2, 0) is 6.42 Å². The van der Waals surface area contributed by atoms with Gasteiger partial charge in [-0.05, 0) is 23.8 Å². The summed E-state index contributed by atoms with van der Waals surface area (Å²) in [6, 6.07) is 27.2. The number of aromatic nitrogens is 3. The topological polar surface area (TPSA) is 73.6 Å². The van der Waals surface area contributed by atoms with Gasteiger partial charge in [0.2, 0.25) is 0 Å². The molecule has 31 heavy (non-hydrogen) atoms. The molecule has 0 aliphatic carbocycles. The second-order valence-electron chi connectivity index (χ2n) is 7.49. The lowest BCUT2D eigenvalue weighted by Gasteiger charge is -2.17. The van der Waals surface area contributed by atoms with Gasteiger partial charge in [-0.1, -0.05) is 66.7 Å². The summed E-state index contributed by atoms with van der Waals surface area (Å²) in [5, 5.41) is 4.32. The van der Waals surface area contributed by atoms with Crippen molar-refractivity contribution in [3.63, 3.8) is 0 Å². The second-order valence-corrected chi connectivity index (χ2v) is 7.49. The van der Waals surface area contributed by atoms with Crippen LogP contribution in [0.2, 0.25) is 0 Å². The highest BCUT2D eigenvalue weighted by atomic mass is 16.1. The summed E-state index contributed by atoms with van der Waals surface area (Å²) < 4.78 is 0. The summed E-state index contributed by atoms with van der Waals surface area (Å²) in [7, 11) is 0. The maximum Gasteiger partial charge on any atom is 0.251 e. The fourth-order valence-electron chi connectivity index (χ4n) is 3.84. The standard InChI is InChI=1S/C26H22N4O/c31-26(19-11-5-2-6-12-19)30-23(15-20-16-27-22-14-8-7-13-21(20)22)25-28-17-24(29-25)18-9-3-1-4-10-18/h1-14,16-17,23,27H,15H2,(H,28,29)(H,30,31). The minimum atomic E-state index is -0.302. The Morgan fingerprint density at radius 2 is 1.55 bits per heavy atom. The van der Waals surface area contributed by atoms with Gasteiger partial charge in [-0.2, -0.15) is 0 Å². The molecule has 2 aromatic heterocycles. The van der Waals surface area contributed by atoms with Crippen LogP contribution in [0.4, 0.5) is 0 Å². The Morgan fingerprint density at radius 1 is 0.839 bits per heavy atom. The number of carbonyl (C=O) groups is 1. The summed E-state index contributed by atoms with van der Waals surface area (Å²) in [6.07, 6.45) is 4.51. The predicted molar refractivity (Wildman–Crippen MR) is 123 cm³/mol. The van der Waals surface area contributed by atoms with Crippen molar-refractivity contribution in [3.8, 4) is 11.3 Å². The summed E-state index contributed by atoms with van der Waals surface area (Å²) in [4.78, 5) is 24.3. The molecular formula is C26H22N4O. The van der Waals surface area contributed by atoms with Crippen molar-refractivity contribution in [1.82, 2.24) is 20.3 Å². The number of nitrogens with zero attached hydrogens (tertiary/aromatic N) is 1. The number of hydrogen-bond donors (Lipinski definition) is 3. The summed E-state index contributed by atoms with van der Waals surface area (Å²) >= 11 is 0. The molecule has 0 bridgehead atoms. The van der Waals surface area contributed by atoms with E-state index in [2.05, 4.69) is 27.4 Å². The number of fused-ring (bicyclic) bond motifs is 1.